The lowest BCUT2D eigenvalue weighted by Crippen LogP contribution is -2.40. The second-order valence-electron chi connectivity index (χ2n) is 8.66. The molecule has 0 amide bonds. The first-order chi connectivity index (χ1) is 9.18. The van der Waals surface area contributed by atoms with Crippen LogP contribution in [0.1, 0.15) is 65.1 Å². The van der Waals surface area contributed by atoms with Crippen LogP contribution in [0.2, 0.25) is 0 Å². The van der Waals surface area contributed by atoms with Gasteiger partial charge in [-0.1, -0.05) is 65.8 Å². The lowest BCUT2D eigenvalue weighted by atomic mass is 9.70. The van der Waals surface area contributed by atoms with E-state index in [2.05, 4.69) is 71.1 Å². The van der Waals surface area contributed by atoms with E-state index >= 15 is 0 Å². The Labute approximate surface area is 124 Å². The third kappa shape index (κ3) is 1.86. The maximum Gasteiger partial charge on any atom is 0.0377 e. The van der Waals surface area contributed by atoms with Crippen molar-refractivity contribution in [3.8, 4) is 0 Å². The highest BCUT2D eigenvalue weighted by molar-refractivity contribution is 5.35. The van der Waals surface area contributed by atoms with E-state index in [9.17, 15) is 0 Å². The number of fused-ring (bicyclic) bond motifs is 1. The molecular weight excluding hydrogens is 242 g/mol. The predicted octanol–water partition coefficient (Wildman–Crippen LogP) is 4.72. The van der Waals surface area contributed by atoms with E-state index in [0.717, 1.165) is 0 Å². The molecule has 1 aromatic carbocycles. The summed E-state index contributed by atoms with van der Waals surface area (Å²) in [5, 5.41) is 4.02. The smallest absolute Gasteiger partial charge is 0.0377 e. The first-order valence-electron chi connectivity index (χ1n) is 8.02. The maximum atomic E-state index is 4.02. The van der Waals surface area contributed by atoms with Crippen LogP contribution in [0.4, 0.5) is 0 Å². The largest absolute Gasteiger partial charge is 0.306 e. The topological polar surface area (TPSA) is 12.0 Å². The van der Waals surface area contributed by atoms with Crippen LogP contribution in [0.5, 0.6) is 0 Å². The Balaban J connectivity index is 1.92. The average molecular weight is 271 g/mol. The SMILES string of the molecule is CC1(C)CCc2ccccc2C1NC1C(C)(C)C1(C)C. The van der Waals surface area contributed by atoms with Gasteiger partial charge in [0.25, 0.3) is 0 Å². The van der Waals surface area contributed by atoms with Gasteiger partial charge < -0.3 is 5.32 Å². The van der Waals surface area contributed by atoms with E-state index in [1.165, 1.54) is 18.4 Å². The fraction of sp³-hybridized carbons (Fsp3) is 0.684. The zero-order valence-corrected chi connectivity index (χ0v) is 13.9. The Morgan fingerprint density at radius 2 is 1.55 bits per heavy atom. The van der Waals surface area contributed by atoms with Gasteiger partial charge in [0.1, 0.15) is 0 Å². The molecule has 1 N–H and O–H groups in total. The quantitative estimate of drug-likeness (QED) is 0.820. The summed E-state index contributed by atoms with van der Waals surface area (Å²) in [6, 6.07) is 10.1. The van der Waals surface area contributed by atoms with Crippen molar-refractivity contribution in [3.05, 3.63) is 35.4 Å². The summed E-state index contributed by atoms with van der Waals surface area (Å²) in [4.78, 5) is 0. The average Bonchev–Trinajstić information content (AvgIpc) is 2.74. The first-order valence-corrected chi connectivity index (χ1v) is 8.02. The molecule has 0 aromatic heterocycles. The molecule has 0 aliphatic heterocycles. The van der Waals surface area contributed by atoms with Crippen LogP contribution in [-0.2, 0) is 6.42 Å². The molecule has 1 unspecified atom stereocenters. The summed E-state index contributed by atoms with van der Waals surface area (Å²) < 4.78 is 0. The monoisotopic (exact) mass is 271 g/mol. The maximum absolute atomic E-state index is 4.02. The molecule has 1 saturated carbocycles. The minimum atomic E-state index is 0.336. The highest BCUT2D eigenvalue weighted by Gasteiger charge is 2.65. The first kappa shape index (κ1) is 14.1. The minimum Gasteiger partial charge on any atom is -0.306 e. The molecule has 20 heavy (non-hydrogen) atoms. The van der Waals surface area contributed by atoms with Crippen molar-refractivity contribution in [2.24, 2.45) is 16.2 Å². The van der Waals surface area contributed by atoms with E-state index < -0.39 is 0 Å². The third-order valence-electron chi connectivity index (χ3n) is 6.54. The Hall–Kier alpha value is -0.820. The molecule has 1 nitrogen and oxygen atoms in total. The van der Waals surface area contributed by atoms with Gasteiger partial charge in [-0.05, 0) is 40.2 Å². The zero-order chi connectivity index (χ0) is 14.8. The highest BCUT2D eigenvalue weighted by Crippen LogP contribution is 2.64. The summed E-state index contributed by atoms with van der Waals surface area (Å²) in [6.07, 6.45) is 2.49. The summed E-state index contributed by atoms with van der Waals surface area (Å²) >= 11 is 0. The highest BCUT2D eigenvalue weighted by atomic mass is 15.1. The third-order valence-corrected chi connectivity index (χ3v) is 6.54. The van der Waals surface area contributed by atoms with Crippen molar-refractivity contribution >= 4 is 0 Å². The molecule has 0 spiro atoms. The van der Waals surface area contributed by atoms with Gasteiger partial charge in [-0.2, -0.15) is 0 Å². The van der Waals surface area contributed by atoms with Crippen molar-refractivity contribution in [1.29, 1.82) is 0 Å². The lowest BCUT2D eigenvalue weighted by molar-refractivity contribution is 0.200. The van der Waals surface area contributed by atoms with Gasteiger partial charge in [0.15, 0.2) is 0 Å². The van der Waals surface area contributed by atoms with Crippen LogP contribution in [0.25, 0.3) is 0 Å². The number of aryl methyl sites for hydroxylation is 1. The molecule has 3 rings (SSSR count). The van der Waals surface area contributed by atoms with Crippen LogP contribution in [0.15, 0.2) is 24.3 Å². The standard InChI is InChI=1S/C19H29N/c1-17(2)12-11-13-9-7-8-10-14(13)15(17)20-16-18(3,4)19(16,5)6/h7-10,15-16,20H,11-12H2,1-6H3. The normalized spacial score (nSPS) is 29.8. The van der Waals surface area contributed by atoms with Crippen molar-refractivity contribution in [2.45, 2.75) is 66.5 Å². The van der Waals surface area contributed by atoms with Crippen LogP contribution in [-0.4, -0.2) is 6.04 Å². The van der Waals surface area contributed by atoms with Crippen molar-refractivity contribution in [3.63, 3.8) is 0 Å². The van der Waals surface area contributed by atoms with Gasteiger partial charge in [0.2, 0.25) is 0 Å². The van der Waals surface area contributed by atoms with Crippen LogP contribution < -0.4 is 5.32 Å². The Morgan fingerprint density at radius 3 is 2.15 bits per heavy atom. The summed E-state index contributed by atoms with van der Waals surface area (Å²) in [7, 11) is 0. The van der Waals surface area contributed by atoms with E-state index in [1.54, 1.807) is 5.56 Å². The van der Waals surface area contributed by atoms with E-state index in [-0.39, 0.29) is 0 Å². The fourth-order valence-corrected chi connectivity index (χ4v) is 4.16. The van der Waals surface area contributed by atoms with Gasteiger partial charge in [-0.3, -0.25) is 0 Å². The lowest BCUT2D eigenvalue weighted by Gasteiger charge is -2.41. The minimum absolute atomic E-state index is 0.336. The van der Waals surface area contributed by atoms with Crippen LogP contribution in [0, 0.1) is 16.2 Å². The molecule has 0 saturated heterocycles. The second kappa shape index (κ2) is 4.10. The van der Waals surface area contributed by atoms with Crippen molar-refractivity contribution in [1.82, 2.24) is 5.32 Å². The second-order valence-corrected chi connectivity index (χ2v) is 8.66. The van der Waals surface area contributed by atoms with E-state index in [4.69, 9.17) is 0 Å². The number of hydrogen-bond acceptors (Lipinski definition) is 1. The number of hydrogen-bond donors (Lipinski definition) is 1. The molecule has 1 aromatic rings. The van der Waals surface area contributed by atoms with Gasteiger partial charge in [0.05, 0.1) is 0 Å². The molecule has 110 valence electrons. The molecular formula is C19H29N. The molecule has 2 aliphatic carbocycles. The fourth-order valence-electron chi connectivity index (χ4n) is 4.16. The molecule has 0 radical (unpaired) electrons. The number of benzene rings is 1. The molecule has 1 atom stereocenters. The molecule has 2 aliphatic rings. The van der Waals surface area contributed by atoms with Gasteiger partial charge in [-0.25, -0.2) is 0 Å². The summed E-state index contributed by atoms with van der Waals surface area (Å²) in [5.41, 5.74) is 4.21. The predicted molar refractivity (Wildman–Crippen MR) is 85.8 cm³/mol. The Morgan fingerprint density at radius 1 is 0.950 bits per heavy atom. The zero-order valence-electron chi connectivity index (χ0n) is 13.9. The molecule has 0 bridgehead atoms. The van der Waals surface area contributed by atoms with E-state index in [1.807, 2.05) is 0 Å². The molecule has 1 heteroatoms. The van der Waals surface area contributed by atoms with Crippen molar-refractivity contribution < 1.29 is 0 Å². The van der Waals surface area contributed by atoms with Crippen LogP contribution >= 0.6 is 0 Å². The molecule has 0 heterocycles. The number of rotatable bonds is 2. The van der Waals surface area contributed by atoms with E-state index in [0.29, 0.717) is 28.3 Å². The van der Waals surface area contributed by atoms with Crippen LogP contribution in [0.3, 0.4) is 0 Å². The van der Waals surface area contributed by atoms with Gasteiger partial charge >= 0.3 is 0 Å². The Bertz CT molecular complexity index is 510. The van der Waals surface area contributed by atoms with Gasteiger partial charge in [0, 0.05) is 12.1 Å². The van der Waals surface area contributed by atoms with Crippen molar-refractivity contribution in [2.75, 3.05) is 0 Å². The summed E-state index contributed by atoms with van der Waals surface area (Å²) in [5.74, 6) is 0. The number of nitrogens with one attached hydrogen (secondary N) is 1. The van der Waals surface area contributed by atoms with Gasteiger partial charge in [-0.15, -0.1) is 0 Å². The molecule has 1 fully saturated rings. The Kier molecular flexibility index (Phi) is 2.90. The summed E-state index contributed by atoms with van der Waals surface area (Å²) in [6.45, 7) is 14.4.